The molecule has 0 amide bonds. The predicted molar refractivity (Wildman–Crippen MR) is 69.4 cm³/mol. The Labute approximate surface area is 98.5 Å². The van der Waals surface area contributed by atoms with Crippen molar-refractivity contribution in [3.05, 3.63) is 28.8 Å². The molecule has 1 aromatic rings. The Kier molecular flexibility index (Phi) is 2.07. The van der Waals surface area contributed by atoms with Crippen LogP contribution in [-0.4, -0.2) is 13.1 Å². The maximum absolute atomic E-state index is 2.57. The van der Waals surface area contributed by atoms with E-state index in [0.717, 1.165) is 6.54 Å². The van der Waals surface area contributed by atoms with Gasteiger partial charge in [-0.2, -0.15) is 0 Å². The summed E-state index contributed by atoms with van der Waals surface area (Å²) < 4.78 is 0. The van der Waals surface area contributed by atoms with E-state index in [1.807, 2.05) is 0 Å². The second-order valence-corrected chi connectivity index (χ2v) is 5.82. The summed E-state index contributed by atoms with van der Waals surface area (Å²) in [6.07, 6.45) is 3.83. The van der Waals surface area contributed by atoms with Crippen LogP contribution in [0.3, 0.4) is 0 Å². The molecule has 1 heterocycles. The zero-order chi connectivity index (χ0) is 11.3. The van der Waals surface area contributed by atoms with Crippen molar-refractivity contribution in [2.45, 2.75) is 45.4 Å². The topological polar surface area (TPSA) is 3.24 Å². The van der Waals surface area contributed by atoms with Crippen molar-refractivity contribution in [3.63, 3.8) is 0 Å². The molecule has 86 valence electrons. The van der Waals surface area contributed by atoms with E-state index in [0.29, 0.717) is 5.41 Å². The SMILES string of the molecule is CCN1CCc2ccc3c(c21)C(C)(C)CC3. The van der Waals surface area contributed by atoms with Crippen LogP contribution in [0, 0.1) is 0 Å². The Bertz CT molecular complexity index is 431. The molecule has 16 heavy (non-hydrogen) atoms. The minimum absolute atomic E-state index is 0.387. The van der Waals surface area contributed by atoms with Gasteiger partial charge >= 0.3 is 0 Å². The predicted octanol–water partition coefficient (Wildman–Crippen LogP) is 3.29. The monoisotopic (exact) mass is 215 g/mol. The number of aryl methyl sites for hydroxylation is 1. The van der Waals surface area contributed by atoms with Gasteiger partial charge in [0.15, 0.2) is 0 Å². The van der Waals surface area contributed by atoms with Crippen molar-refractivity contribution < 1.29 is 0 Å². The van der Waals surface area contributed by atoms with Crippen LogP contribution >= 0.6 is 0 Å². The maximum Gasteiger partial charge on any atom is 0.0440 e. The van der Waals surface area contributed by atoms with Crippen LogP contribution in [0.25, 0.3) is 0 Å². The van der Waals surface area contributed by atoms with Crippen molar-refractivity contribution in [1.82, 2.24) is 0 Å². The largest absolute Gasteiger partial charge is 0.371 e. The van der Waals surface area contributed by atoms with Gasteiger partial charge < -0.3 is 4.90 Å². The first-order valence-electron chi connectivity index (χ1n) is 6.53. The van der Waals surface area contributed by atoms with Gasteiger partial charge in [0, 0.05) is 18.8 Å². The molecule has 1 nitrogen and oxygen atoms in total. The fourth-order valence-corrected chi connectivity index (χ4v) is 3.46. The van der Waals surface area contributed by atoms with Crippen molar-refractivity contribution >= 4 is 5.69 Å². The Morgan fingerprint density at radius 2 is 1.94 bits per heavy atom. The summed E-state index contributed by atoms with van der Waals surface area (Å²) in [5.74, 6) is 0. The van der Waals surface area contributed by atoms with Gasteiger partial charge in [-0.1, -0.05) is 26.0 Å². The number of hydrogen-bond donors (Lipinski definition) is 0. The lowest BCUT2D eigenvalue weighted by molar-refractivity contribution is 0.522. The average molecular weight is 215 g/mol. The second kappa shape index (κ2) is 3.26. The number of fused-ring (bicyclic) bond motifs is 3. The highest BCUT2D eigenvalue weighted by Gasteiger charge is 2.36. The van der Waals surface area contributed by atoms with Gasteiger partial charge in [0.25, 0.3) is 0 Å². The summed E-state index contributed by atoms with van der Waals surface area (Å²) in [6.45, 7) is 9.46. The summed E-state index contributed by atoms with van der Waals surface area (Å²) in [5, 5.41) is 0. The molecular formula is C15H21N. The quantitative estimate of drug-likeness (QED) is 0.695. The third-order valence-electron chi connectivity index (χ3n) is 4.39. The highest BCUT2D eigenvalue weighted by atomic mass is 15.1. The highest BCUT2D eigenvalue weighted by molar-refractivity contribution is 5.69. The molecule has 0 spiro atoms. The first-order valence-corrected chi connectivity index (χ1v) is 6.53. The van der Waals surface area contributed by atoms with E-state index in [1.54, 1.807) is 22.4 Å². The van der Waals surface area contributed by atoms with Gasteiger partial charge in [-0.25, -0.2) is 0 Å². The second-order valence-electron chi connectivity index (χ2n) is 5.82. The molecule has 0 aromatic heterocycles. The number of nitrogens with zero attached hydrogens (tertiary/aromatic N) is 1. The fourth-order valence-electron chi connectivity index (χ4n) is 3.46. The van der Waals surface area contributed by atoms with E-state index < -0.39 is 0 Å². The lowest BCUT2D eigenvalue weighted by Crippen LogP contribution is -2.23. The first kappa shape index (κ1) is 10.2. The summed E-state index contributed by atoms with van der Waals surface area (Å²) in [6, 6.07) is 4.74. The van der Waals surface area contributed by atoms with E-state index >= 15 is 0 Å². The van der Waals surface area contributed by atoms with E-state index in [1.165, 1.54) is 25.8 Å². The molecule has 0 unspecified atom stereocenters. The summed E-state index contributed by atoms with van der Waals surface area (Å²) >= 11 is 0. The highest BCUT2D eigenvalue weighted by Crippen LogP contribution is 2.47. The molecule has 0 saturated carbocycles. The minimum atomic E-state index is 0.387. The van der Waals surface area contributed by atoms with Gasteiger partial charge in [-0.05, 0) is 48.3 Å². The molecule has 0 bridgehead atoms. The Balaban J connectivity index is 2.22. The minimum Gasteiger partial charge on any atom is -0.371 e. The number of likely N-dealkylation sites (N-methyl/N-ethyl adjacent to an activating group) is 1. The smallest absolute Gasteiger partial charge is 0.0440 e. The van der Waals surface area contributed by atoms with Gasteiger partial charge in [0.05, 0.1) is 0 Å². The average Bonchev–Trinajstić information content (AvgIpc) is 2.79. The van der Waals surface area contributed by atoms with Gasteiger partial charge in [-0.15, -0.1) is 0 Å². The van der Waals surface area contributed by atoms with Crippen molar-refractivity contribution in [2.24, 2.45) is 0 Å². The van der Waals surface area contributed by atoms with Crippen LogP contribution in [0.4, 0.5) is 5.69 Å². The Hall–Kier alpha value is -0.980. The van der Waals surface area contributed by atoms with Crippen LogP contribution in [0.15, 0.2) is 12.1 Å². The molecule has 0 N–H and O–H groups in total. The maximum atomic E-state index is 2.57. The molecule has 1 aliphatic carbocycles. The molecular weight excluding hydrogens is 194 g/mol. The zero-order valence-corrected chi connectivity index (χ0v) is 10.6. The van der Waals surface area contributed by atoms with Crippen molar-refractivity contribution in [3.8, 4) is 0 Å². The third kappa shape index (κ3) is 1.24. The summed E-state index contributed by atoms with van der Waals surface area (Å²) in [7, 11) is 0. The first-order chi connectivity index (χ1) is 7.63. The fraction of sp³-hybridized carbons (Fsp3) is 0.600. The van der Waals surface area contributed by atoms with Gasteiger partial charge in [0.2, 0.25) is 0 Å². The standard InChI is InChI=1S/C15H21N/c1-4-16-10-8-12-6-5-11-7-9-15(2,3)13(11)14(12)16/h5-6H,4,7-10H2,1-3H3. The summed E-state index contributed by atoms with van der Waals surface area (Å²) in [5.41, 5.74) is 6.81. The molecule has 0 saturated heterocycles. The van der Waals surface area contributed by atoms with E-state index in [-0.39, 0.29) is 0 Å². The molecule has 0 atom stereocenters. The molecule has 0 radical (unpaired) electrons. The lowest BCUT2D eigenvalue weighted by atomic mass is 9.84. The molecule has 0 fully saturated rings. The number of hydrogen-bond acceptors (Lipinski definition) is 1. The van der Waals surface area contributed by atoms with E-state index in [4.69, 9.17) is 0 Å². The van der Waals surface area contributed by atoms with Crippen LogP contribution in [-0.2, 0) is 18.3 Å². The Morgan fingerprint density at radius 3 is 2.69 bits per heavy atom. The van der Waals surface area contributed by atoms with Crippen molar-refractivity contribution in [2.75, 3.05) is 18.0 Å². The zero-order valence-electron chi connectivity index (χ0n) is 10.6. The molecule has 2 aliphatic rings. The van der Waals surface area contributed by atoms with Crippen LogP contribution in [0.1, 0.15) is 43.9 Å². The van der Waals surface area contributed by atoms with Crippen LogP contribution in [0.5, 0.6) is 0 Å². The molecule has 1 heteroatoms. The third-order valence-corrected chi connectivity index (χ3v) is 4.39. The van der Waals surface area contributed by atoms with E-state index in [9.17, 15) is 0 Å². The normalized spacial score (nSPS) is 21.1. The summed E-state index contributed by atoms with van der Waals surface area (Å²) in [4.78, 5) is 2.57. The van der Waals surface area contributed by atoms with E-state index in [2.05, 4.69) is 37.8 Å². The number of anilines is 1. The van der Waals surface area contributed by atoms with Gasteiger partial charge in [-0.3, -0.25) is 0 Å². The van der Waals surface area contributed by atoms with Crippen molar-refractivity contribution in [1.29, 1.82) is 0 Å². The lowest BCUT2D eigenvalue weighted by Gasteiger charge is -2.27. The Morgan fingerprint density at radius 1 is 1.19 bits per heavy atom. The molecule has 1 aliphatic heterocycles. The number of rotatable bonds is 1. The molecule has 3 rings (SSSR count). The molecule has 1 aromatic carbocycles. The van der Waals surface area contributed by atoms with Gasteiger partial charge in [0.1, 0.15) is 0 Å². The van der Waals surface area contributed by atoms with Crippen LogP contribution < -0.4 is 4.90 Å². The number of benzene rings is 1. The van der Waals surface area contributed by atoms with Crippen LogP contribution in [0.2, 0.25) is 0 Å².